The first-order valence-electron chi connectivity index (χ1n) is 5.80. The Labute approximate surface area is 96.5 Å². The molecule has 1 N–H and O–H groups in total. The summed E-state index contributed by atoms with van der Waals surface area (Å²) in [6.07, 6.45) is 3.99. The van der Waals surface area contributed by atoms with Crippen molar-refractivity contribution in [3.05, 3.63) is 29.8 Å². The van der Waals surface area contributed by atoms with Gasteiger partial charge in [0.25, 0.3) is 0 Å². The summed E-state index contributed by atoms with van der Waals surface area (Å²) < 4.78 is 12.7. The van der Waals surface area contributed by atoms with Crippen LogP contribution >= 0.6 is 0 Å². The molecule has 0 aromatic carbocycles. The minimum atomic E-state index is -0.970. The molecule has 2 nitrogen and oxygen atoms in total. The van der Waals surface area contributed by atoms with Crippen LogP contribution in [-0.2, 0) is 5.60 Å². The van der Waals surface area contributed by atoms with Crippen LogP contribution in [0.15, 0.2) is 18.3 Å². The highest BCUT2D eigenvalue weighted by Crippen LogP contribution is 2.28. The fourth-order valence-corrected chi connectivity index (χ4v) is 2.07. The molecule has 0 amide bonds. The van der Waals surface area contributed by atoms with Crippen molar-refractivity contribution in [3.8, 4) is 0 Å². The van der Waals surface area contributed by atoms with Crippen LogP contribution in [0, 0.1) is 11.7 Å². The standard InChI is InChI=1S/C13H20FNO/c1-4-5-10(2)8-13(3,16)12-7-6-11(14)9-15-12/h6-7,9-10,16H,4-5,8H2,1-3H3. The summed E-state index contributed by atoms with van der Waals surface area (Å²) in [5.41, 5.74) is -0.431. The molecule has 2 unspecified atom stereocenters. The van der Waals surface area contributed by atoms with E-state index in [1.54, 1.807) is 13.0 Å². The lowest BCUT2D eigenvalue weighted by Crippen LogP contribution is -2.25. The predicted octanol–water partition coefficient (Wildman–Crippen LogP) is 3.25. The zero-order valence-corrected chi connectivity index (χ0v) is 10.2. The Morgan fingerprint density at radius 3 is 2.69 bits per heavy atom. The van der Waals surface area contributed by atoms with Crippen LogP contribution < -0.4 is 0 Å². The van der Waals surface area contributed by atoms with Crippen LogP contribution in [0.2, 0.25) is 0 Å². The Morgan fingerprint density at radius 2 is 2.19 bits per heavy atom. The Balaban J connectivity index is 2.72. The monoisotopic (exact) mass is 225 g/mol. The molecular weight excluding hydrogens is 205 g/mol. The van der Waals surface area contributed by atoms with E-state index in [1.165, 1.54) is 6.07 Å². The van der Waals surface area contributed by atoms with Crippen LogP contribution in [0.5, 0.6) is 0 Å². The van der Waals surface area contributed by atoms with Gasteiger partial charge in [-0.3, -0.25) is 4.98 Å². The zero-order valence-electron chi connectivity index (χ0n) is 10.2. The number of rotatable bonds is 5. The molecule has 2 atom stereocenters. The van der Waals surface area contributed by atoms with Crippen LogP contribution in [0.25, 0.3) is 0 Å². The normalized spacial score (nSPS) is 16.8. The van der Waals surface area contributed by atoms with Gasteiger partial charge in [-0.25, -0.2) is 4.39 Å². The van der Waals surface area contributed by atoms with E-state index in [9.17, 15) is 9.50 Å². The van der Waals surface area contributed by atoms with Crippen molar-refractivity contribution in [3.63, 3.8) is 0 Å². The molecule has 1 heterocycles. The maximum atomic E-state index is 12.7. The molecule has 0 spiro atoms. The fraction of sp³-hybridized carbons (Fsp3) is 0.615. The first-order valence-corrected chi connectivity index (χ1v) is 5.80. The van der Waals surface area contributed by atoms with Crippen LogP contribution in [0.3, 0.4) is 0 Å². The SMILES string of the molecule is CCCC(C)CC(C)(O)c1ccc(F)cn1. The Morgan fingerprint density at radius 1 is 1.50 bits per heavy atom. The van der Waals surface area contributed by atoms with Crippen molar-refractivity contribution in [2.45, 2.75) is 45.6 Å². The second-order valence-corrected chi connectivity index (χ2v) is 4.73. The Hall–Kier alpha value is -0.960. The van der Waals surface area contributed by atoms with Gasteiger partial charge in [-0.2, -0.15) is 0 Å². The molecule has 1 aromatic heterocycles. The topological polar surface area (TPSA) is 33.1 Å². The molecule has 0 saturated carbocycles. The molecule has 0 saturated heterocycles. The van der Waals surface area contributed by atoms with Crippen molar-refractivity contribution in [1.82, 2.24) is 4.98 Å². The van der Waals surface area contributed by atoms with E-state index >= 15 is 0 Å². The zero-order chi connectivity index (χ0) is 12.2. The molecule has 0 radical (unpaired) electrons. The minimum absolute atomic E-state index is 0.374. The van der Waals surface area contributed by atoms with Crippen molar-refractivity contribution in [1.29, 1.82) is 0 Å². The molecule has 1 rings (SSSR count). The highest BCUT2D eigenvalue weighted by molar-refractivity contribution is 5.12. The summed E-state index contributed by atoms with van der Waals surface area (Å²) in [4.78, 5) is 3.94. The van der Waals surface area contributed by atoms with E-state index < -0.39 is 5.60 Å². The molecule has 0 bridgehead atoms. The number of aliphatic hydroxyl groups is 1. The minimum Gasteiger partial charge on any atom is -0.384 e. The van der Waals surface area contributed by atoms with Crippen molar-refractivity contribution in [2.75, 3.05) is 0 Å². The Kier molecular flexibility index (Phi) is 4.42. The summed E-state index contributed by atoms with van der Waals surface area (Å²) in [5, 5.41) is 10.3. The molecule has 0 aliphatic carbocycles. The molecule has 90 valence electrons. The van der Waals surface area contributed by atoms with Gasteiger partial charge in [-0.1, -0.05) is 26.7 Å². The molecule has 0 aliphatic heterocycles. The number of pyridine rings is 1. The third-order valence-corrected chi connectivity index (χ3v) is 2.81. The van der Waals surface area contributed by atoms with E-state index in [-0.39, 0.29) is 5.82 Å². The highest BCUT2D eigenvalue weighted by Gasteiger charge is 2.26. The average molecular weight is 225 g/mol. The highest BCUT2D eigenvalue weighted by atomic mass is 19.1. The molecule has 3 heteroatoms. The van der Waals surface area contributed by atoms with Crippen molar-refractivity contribution in [2.24, 2.45) is 5.92 Å². The van der Waals surface area contributed by atoms with Crippen LogP contribution in [0.1, 0.15) is 45.7 Å². The summed E-state index contributed by atoms with van der Waals surface area (Å²) in [7, 11) is 0. The van der Waals surface area contributed by atoms with E-state index in [0.717, 1.165) is 19.0 Å². The molecule has 1 aromatic rings. The lowest BCUT2D eigenvalue weighted by molar-refractivity contribution is 0.0268. The second kappa shape index (κ2) is 5.39. The van der Waals surface area contributed by atoms with Gasteiger partial charge in [-0.15, -0.1) is 0 Å². The maximum absolute atomic E-state index is 12.7. The number of hydrogen-bond donors (Lipinski definition) is 1. The van der Waals surface area contributed by atoms with Gasteiger partial charge < -0.3 is 5.11 Å². The maximum Gasteiger partial charge on any atom is 0.141 e. The fourth-order valence-electron chi connectivity index (χ4n) is 2.07. The van der Waals surface area contributed by atoms with Crippen molar-refractivity contribution >= 4 is 0 Å². The average Bonchev–Trinajstić information content (AvgIpc) is 2.17. The van der Waals surface area contributed by atoms with Gasteiger partial charge in [0.05, 0.1) is 11.9 Å². The number of nitrogens with zero attached hydrogens (tertiary/aromatic N) is 1. The molecular formula is C13H20FNO. The first-order chi connectivity index (χ1) is 7.45. The molecule has 0 fully saturated rings. The summed E-state index contributed by atoms with van der Waals surface area (Å²) in [6.45, 7) is 5.97. The van der Waals surface area contributed by atoms with Gasteiger partial charge in [0.2, 0.25) is 0 Å². The van der Waals surface area contributed by atoms with Crippen molar-refractivity contribution < 1.29 is 9.50 Å². The van der Waals surface area contributed by atoms with Gasteiger partial charge >= 0.3 is 0 Å². The molecule has 0 aliphatic rings. The van der Waals surface area contributed by atoms with Gasteiger partial charge in [0.15, 0.2) is 0 Å². The van der Waals surface area contributed by atoms with Gasteiger partial charge in [-0.05, 0) is 31.4 Å². The lowest BCUT2D eigenvalue weighted by atomic mass is 9.88. The second-order valence-electron chi connectivity index (χ2n) is 4.73. The van der Waals surface area contributed by atoms with Gasteiger partial charge in [0, 0.05) is 0 Å². The van der Waals surface area contributed by atoms with E-state index in [1.807, 2.05) is 0 Å². The van der Waals surface area contributed by atoms with E-state index in [4.69, 9.17) is 0 Å². The Bertz CT molecular complexity index is 321. The third kappa shape index (κ3) is 3.56. The van der Waals surface area contributed by atoms with E-state index in [0.29, 0.717) is 18.0 Å². The quantitative estimate of drug-likeness (QED) is 0.834. The number of halogens is 1. The largest absolute Gasteiger partial charge is 0.384 e. The number of hydrogen-bond acceptors (Lipinski definition) is 2. The summed E-state index contributed by atoms with van der Waals surface area (Å²) in [6, 6.07) is 2.88. The smallest absolute Gasteiger partial charge is 0.141 e. The summed E-state index contributed by atoms with van der Waals surface area (Å²) >= 11 is 0. The van der Waals surface area contributed by atoms with Crippen LogP contribution in [-0.4, -0.2) is 10.1 Å². The predicted molar refractivity (Wildman–Crippen MR) is 62.5 cm³/mol. The lowest BCUT2D eigenvalue weighted by Gasteiger charge is -2.26. The van der Waals surface area contributed by atoms with Crippen LogP contribution in [0.4, 0.5) is 4.39 Å². The molecule has 16 heavy (non-hydrogen) atoms. The van der Waals surface area contributed by atoms with E-state index in [2.05, 4.69) is 18.8 Å². The first kappa shape index (κ1) is 13.1. The third-order valence-electron chi connectivity index (χ3n) is 2.81. The summed E-state index contributed by atoms with van der Waals surface area (Å²) in [5.74, 6) is 0.0630. The van der Waals surface area contributed by atoms with Gasteiger partial charge in [0.1, 0.15) is 11.4 Å². The number of aromatic nitrogens is 1.